The number of amides is 1. The van der Waals surface area contributed by atoms with Gasteiger partial charge in [-0.2, -0.15) is 5.10 Å². The first-order valence-corrected chi connectivity index (χ1v) is 3.54. The lowest BCUT2D eigenvalue weighted by atomic mass is 10.1. The van der Waals surface area contributed by atoms with Crippen molar-refractivity contribution in [1.29, 1.82) is 0 Å². The Morgan fingerprint density at radius 1 is 1.73 bits per heavy atom. The van der Waals surface area contributed by atoms with E-state index >= 15 is 0 Å². The highest BCUT2D eigenvalue weighted by Crippen LogP contribution is 2.11. The van der Waals surface area contributed by atoms with Gasteiger partial charge in [-0.1, -0.05) is 0 Å². The van der Waals surface area contributed by atoms with Gasteiger partial charge in [0, 0.05) is 19.2 Å². The summed E-state index contributed by atoms with van der Waals surface area (Å²) in [5.74, 6) is 0.0844. The van der Waals surface area contributed by atoms with Gasteiger partial charge in [0.25, 0.3) is 0 Å². The van der Waals surface area contributed by atoms with Crippen molar-refractivity contribution < 1.29 is 4.79 Å². The molecule has 2 rings (SSSR count). The van der Waals surface area contributed by atoms with E-state index in [4.69, 9.17) is 0 Å². The molecule has 2 heterocycles. The topological polar surface area (TPSA) is 46.9 Å². The van der Waals surface area contributed by atoms with Crippen LogP contribution in [0.1, 0.15) is 11.3 Å². The highest BCUT2D eigenvalue weighted by Gasteiger charge is 2.17. The molecule has 0 atom stereocenters. The third kappa shape index (κ3) is 0.906. The van der Waals surface area contributed by atoms with E-state index in [1.165, 1.54) is 0 Å². The highest BCUT2D eigenvalue weighted by molar-refractivity contribution is 5.80. The van der Waals surface area contributed by atoms with E-state index in [9.17, 15) is 4.79 Å². The van der Waals surface area contributed by atoms with Gasteiger partial charge in [-0.15, -0.1) is 0 Å². The van der Waals surface area contributed by atoms with Crippen LogP contribution in [0, 0.1) is 0 Å². The van der Waals surface area contributed by atoms with Gasteiger partial charge in [-0.3, -0.25) is 9.48 Å². The third-order valence-electron chi connectivity index (χ3n) is 1.95. The largest absolute Gasteiger partial charge is 0.352 e. The first-order valence-electron chi connectivity index (χ1n) is 3.54. The number of hydrogen-bond acceptors (Lipinski definition) is 2. The zero-order chi connectivity index (χ0) is 7.84. The molecule has 1 aliphatic heterocycles. The lowest BCUT2D eigenvalue weighted by molar-refractivity contribution is -0.121. The van der Waals surface area contributed by atoms with Gasteiger partial charge in [0.15, 0.2) is 0 Å². The Hall–Kier alpha value is -1.32. The number of rotatable bonds is 0. The molecule has 0 radical (unpaired) electrons. The van der Waals surface area contributed by atoms with Gasteiger partial charge in [0.1, 0.15) is 0 Å². The molecule has 0 fully saturated rings. The fourth-order valence-corrected chi connectivity index (χ4v) is 1.29. The predicted molar refractivity (Wildman–Crippen MR) is 38.8 cm³/mol. The van der Waals surface area contributed by atoms with Gasteiger partial charge in [-0.25, -0.2) is 0 Å². The molecule has 11 heavy (non-hydrogen) atoms. The summed E-state index contributed by atoms with van der Waals surface area (Å²) < 4.78 is 1.76. The quantitative estimate of drug-likeness (QED) is 0.548. The summed E-state index contributed by atoms with van der Waals surface area (Å²) in [5.41, 5.74) is 2.17. The first kappa shape index (κ1) is 6.39. The van der Waals surface area contributed by atoms with Crippen LogP contribution in [0.15, 0.2) is 6.20 Å². The van der Waals surface area contributed by atoms with Crippen molar-refractivity contribution in [2.24, 2.45) is 7.05 Å². The first-order chi connectivity index (χ1) is 5.27. The summed E-state index contributed by atoms with van der Waals surface area (Å²) in [6, 6.07) is 0. The molecule has 0 aromatic carbocycles. The summed E-state index contributed by atoms with van der Waals surface area (Å²) in [6.07, 6.45) is 2.26. The summed E-state index contributed by atoms with van der Waals surface area (Å²) in [6.45, 7) is 0.627. The number of aromatic nitrogens is 2. The zero-order valence-corrected chi connectivity index (χ0v) is 6.29. The molecule has 1 aromatic rings. The van der Waals surface area contributed by atoms with E-state index in [2.05, 4.69) is 10.4 Å². The predicted octanol–water partition coefficient (Wildman–Crippen LogP) is -0.408. The lowest BCUT2D eigenvalue weighted by Crippen LogP contribution is -2.30. The number of carbonyl (C=O) groups excluding carboxylic acids is 1. The molecule has 0 unspecified atom stereocenters. The number of aryl methyl sites for hydroxylation is 1. The van der Waals surface area contributed by atoms with Crippen LogP contribution < -0.4 is 5.32 Å². The standard InChI is InChI=1S/C7H9N3O/c1-10-6-2-7(11)8-3-5(6)4-9-10/h4H,2-3H2,1H3,(H,8,11). The molecule has 4 heteroatoms. The van der Waals surface area contributed by atoms with E-state index in [1.54, 1.807) is 10.9 Å². The van der Waals surface area contributed by atoms with Crippen LogP contribution in [0.25, 0.3) is 0 Å². The van der Waals surface area contributed by atoms with Crippen LogP contribution >= 0.6 is 0 Å². The van der Waals surface area contributed by atoms with Gasteiger partial charge in [0.2, 0.25) is 5.91 Å². The van der Waals surface area contributed by atoms with E-state index in [1.807, 2.05) is 7.05 Å². The Balaban J connectivity index is 2.45. The molecule has 4 nitrogen and oxygen atoms in total. The molecule has 0 spiro atoms. The van der Waals surface area contributed by atoms with Crippen LogP contribution in [-0.2, 0) is 24.8 Å². The molecule has 1 aliphatic rings. The average Bonchev–Trinajstić information content (AvgIpc) is 2.33. The summed E-state index contributed by atoms with van der Waals surface area (Å²) in [4.78, 5) is 10.9. The van der Waals surface area contributed by atoms with Gasteiger partial charge >= 0.3 is 0 Å². The van der Waals surface area contributed by atoms with Crippen LogP contribution in [0.2, 0.25) is 0 Å². The van der Waals surface area contributed by atoms with Crippen molar-refractivity contribution in [3.8, 4) is 0 Å². The van der Waals surface area contributed by atoms with Crippen molar-refractivity contribution in [3.05, 3.63) is 17.5 Å². The molecular weight excluding hydrogens is 142 g/mol. The molecule has 1 N–H and O–H groups in total. The van der Waals surface area contributed by atoms with Crippen LogP contribution in [-0.4, -0.2) is 15.7 Å². The highest BCUT2D eigenvalue weighted by atomic mass is 16.1. The Kier molecular flexibility index (Phi) is 1.21. The molecule has 58 valence electrons. The average molecular weight is 151 g/mol. The van der Waals surface area contributed by atoms with Crippen molar-refractivity contribution in [3.63, 3.8) is 0 Å². The minimum Gasteiger partial charge on any atom is -0.352 e. The summed E-state index contributed by atoms with van der Waals surface area (Å²) >= 11 is 0. The minimum absolute atomic E-state index is 0.0844. The number of fused-ring (bicyclic) bond motifs is 1. The third-order valence-corrected chi connectivity index (χ3v) is 1.95. The van der Waals surface area contributed by atoms with Crippen molar-refractivity contribution in [2.45, 2.75) is 13.0 Å². The normalized spacial score (nSPS) is 15.9. The van der Waals surface area contributed by atoms with Crippen molar-refractivity contribution in [2.75, 3.05) is 0 Å². The smallest absolute Gasteiger partial charge is 0.226 e. The van der Waals surface area contributed by atoms with Crippen molar-refractivity contribution in [1.82, 2.24) is 15.1 Å². The summed E-state index contributed by atoms with van der Waals surface area (Å²) in [5, 5.41) is 6.82. The van der Waals surface area contributed by atoms with Crippen molar-refractivity contribution >= 4 is 5.91 Å². The molecule has 1 aromatic heterocycles. The minimum atomic E-state index is 0.0844. The molecule has 0 aliphatic carbocycles. The summed E-state index contributed by atoms with van der Waals surface area (Å²) in [7, 11) is 1.86. The zero-order valence-electron chi connectivity index (χ0n) is 6.29. The van der Waals surface area contributed by atoms with Crippen LogP contribution in [0.3, 0.4) is 0 Å². The van der Waals surface area contributed by atoms with Gasteiger partial charge < -0.3 is 5.32 Å². The second-order valence-corrected chi connectivity index (χ2v) is 2.69. The Bertz CT molecular complexity index is 303. The maximum Gasteiger partial charge on any atom is 0.226 e. The molecular formula is C7H9N3O. The van der Waals surface area contributed by atoms with Gasteiger partial charge in [0.05, 0.1) is 18.3 Å². The number of hydrogen-bond donors (Lipinski definition) is 1. The van der Waals surface area contributed by atoms with Crippen LogP contribution in [0.4, 0.5) is 0 Å². The maximum atomic E-state index is 10.9. The molecule has 0 bridgehead atoms. The fourth-order valence-electron chi connectivity index (χ4n) is 1.29. The molecule has 0 saturated heterocycles. The number of carbonyl (C=O) groups is 1. The number of nitrogens with zero attached hydrogens (tertiary/aromatic N) is 2. The monoisotopic (exact) mass is 151 g/mol. The second-order valence-electron chi connectivity index (χ2n) is 2.69. The van der Waals surface area contributed by atoms with E-state index in [0.29, 0.717) is 13.0 Å². The molecule has 0 saturated carbocycles. The maximum absolute atomic E-state index is 10.9. The second kappa shape index (κ2) is 2.08. The van der Waals surface area contributed by atoms with E-state index < -0.39 is 0 Å². The number of nitrogens with one attached hydrogen (secondary N) is 1. The van der Waals surface area contributed by atoms with E-state index in [0.717, 1.165) is 11.3 Å². The van der Waals surface area contributed by atoms with E-state index in [-0.39, 0.29) is 5.91 Å². The fraction of sp³-hybridized carbons (Fsp3) is 0.429. The molecule has 1 amide bonds. The Morgan fingerprint density at radius 2 is 2.55 bits per heavy atom. The van der Waals surface area contributed by atoms with Crippen LogP contribution in [0.5, 0.6) is 0 Å². The SMILES string of the molecule is Cn1ncc2c1CC(=O)NC2. The van der Waals surface area contributed by atoms with Gasteiger partial charge in [-0.05, 0) is 0 Å². The Labute approximate surface area is 64.2 Å². The lowest BCUT2D eigenvalue weighted by Gasteiger charge is -2.12. The Morgan fingerprint density at radius 3 is 3.36 bits per heavy atom.